The quantitative estimate of drug-likeness (QED) is 0.779. The number of fused-ring (bicyclic) bond motifs is 1. The van der Waals surface area contributed by atoms with Crippen molar-refractivity contribution < 1.29 is 8.42 Å². The monoisotopic (exact) mass is 355 g/mol. The molecule has 0 fully saturated rings. The second-order valence-electron chi connectivity index (χ2n) is 7.07. The first-order chi connectivity index (χ1) is 11.2. The summed E-state index contributed by atoms with van der Waals surface area (Å²) in [6.07, 6.45) is 4.24. The molecule has 0 aromatic carbocycles. The van der Waals surface area contributed by atoms with Gasteiger partial charge in [-0.25, -0.2) is 13.1 Å². The Kier molecular flexibility index (Phi) is 6.17. The number of allylic oxidation sites excluding steroid dienone is 1. The zero-order valence-corrected chi connectivity index (χ0v) is 16.1. The van der Waals surface area contributed by atoms with E-state index in [1.54, 1.807) is 0 Å². The molecule has 1 atom stereocenters. The Bertz CT molecular complexity index is 689. The maximum Gasteiger partial charge on any atom is 0.209 e. The molecule has 1 aromatic rings. The number of hydrogen-bond acceptors (Lipinski definition) is 5. The van der Waals surface area contributed by atoms with Gasteiger partial charge in [-0.1, -0.05) is 25.5 Å². The van der Waals surface area contributed by atoms with E-state index < -0.39 is 10.0 Å². The topological polar surface area (TPSA) is 80.1 Å². The highest BCUT2D eigenvalue weighted by atomic mass is 32.2. The van der Waals surface area contributed by atoms with Crippen molar-refractivity contribution in [1.29, 1.82) is 0 Å². The molecule has 0 amide bonds. The Labute approximate surface area is 145 Å². The number of nitrogens with one attached hydrogen (secondary N) is 1. The zero-order chi connectivity index (χ0) is 17.9. The lowest BCUT2D eigenvalue weighted by molar-refractivity contribution is 0.304. The Balaban J connectivity index is 2.20. The minimum atomic E-state index is -3.31. The van der Waals surface area contributed by atoms with Crippen molar-refractivity contribution in [3.63, 3.8) is 0 Å². The van der Waals surface area contributed by atoms with Crippen LogP contribution >= 0.6 is 0 Å². The molecule has 2 heterocycles. The molecule has 0 saturated carbocycles. The first-order valence-corrected chi connectivity index (χ1v) is 10.3. The van der Waals surface area contributed by atoms with E-state index in [9.17, 15) is 8.42 Å². The third-order valence-electron chi connectivity index (χ3n) is 4.19. The van der Waals surface area contributed by atoms with Crippen LogP contribution in [0.25, 0.3) is 0 Å². The van der Waals surface area contributed by atoms with E-state index in [2.05, 4.69) is 44.3 Å². The molecule has 0 saturated heterocycles. The van der Waals surface area contributed by atoms with Crippen LogP contribution in [0.4, 0.5) is 0 Å². The van der Waals surface area contributed by atoms with E-state index in [4.69, 9.17) is 0 Å². The van der Waals surface area contributed by atoms with Crippen LogP contribution < -0.4 is 4.72 Å². The van der Waals surface area contributed by atoms with Gasteiger partial charge in [-0.3, -0.25) is 4.90 Å². The highest BCUT2D eigenvalue weighted by molar-refractivity contribution is 7.88. The summed E-state index contributed by atoms with van der Waals surface area (Å²) in [5.74, 6) is 1.75. The first kappa shape index (κ1) is 19.1. The van der Waals surface area contributed by atoms with E-state index in [0.717, 1.165) is 44.2 Å². The molecule has 1 aromatic heterocycles. The van der Waals surface area contributed by atoms with Crippen LogP contribution in [0.5, 0.6) is 0 Å². The fourth-order valence-electron chi connectivity index (χ4n) is 2.83. The van der Waals surface area contributed by atoms with Crippen molar-refractivity contribution in [2.45, 2.75) is 46.7 Å². The molecule has 1 aliphatic heterocycles. The van der Waals surface area contributed by atoms with Gasteiger partial charge in [0.05, 0.1) is 12.3 Å². The summed E-state index contributed by atoms with van der Waals surface area (Å²) in [7, 11) is -3.31. The van der Waals surface area contributed by atoms with Gasteiger partial charge in [0, 0.05) is 32.6 Å². The number of aromatic nitrogens is 3. The Morgan fingerprint density at radius 1 is 1.25 bits per heavy atom. The molecular weight excluding hydrogens is 326 g/mol. The predicted molar refractivity (Wildman–Crippen MR) is 95.2 cm³/mol. The van der Waals surface area contributed by atoms with Crippen LogP contribution in [0.1, 0.15) is 45.4 Å². The molecule has 2 rings (SSSR count). The van der Waals surface area contributed by atoms with Gasteiger partial charge in [0.2, 0.25) is 10.0 Å². The van der Waals surface area contributed by atoms with Crippen LogP contribution in [-0.4, -0.2) is 54.0 Å². The Hall–Kier alpha value is -1.25. The minimum absolute atomic E-state index is 0.0954. The van der Waals surface area contributed by atoms with Gasteiger partial charge in [-0.05, 0) is 19.8 Å². The molecule has 24 heavy (non-hydrogen) atoms. The fraction of sp³-hybridized carbons (Fsp3) is 0.750. The molecule has 7 nitrogen and oxygen atoms in total. The minimum Gasteiger partial charge on any atom is -0.312 e. The normalized spacial score (nSPS) is 17.4. The zero-order valence-electron chi connectivity index (χ0n) is 15.3. The maximum absolute atomic E-state index is 11.7. The first-order valence-electron chi connectivity index (χ1n) is 8.42. The molecule has 136 valence electrons. The lowest BCUT2D eigenvalue weighted by atomic mass is 10.1. The molecule has 0 spiro atoms. The summed E-state index contributed by atoms with van der Waals surface area (Å²) in [5.41, 5.74) is 1.32. The number of nitrogens with zero attached hydrogens (tertiary/aromatic N) is 4. The van der Waals surface area contributed by atoms with E-state index in [-0.39, 0.29) is 12.0 Å². The lowest BCUT2D eigenvalue weighted by Gasteiger charge is -2.22. The highest BCUT2D eigenvalue weighted by Gasteiger charge is 2.28. The molecule has 0 aliphatic carbocycles. The van der Waals surface area contributed by atoms with Gasteiger partial charge in [0.25, 0.3) is 0 Å². The Morgan fingerprint density at radius 3 is 2.54 bits per heavy atom. The number of rotatable bonds is 6. The van der Waals surface area contributed by atoms with Crippen molar-refractivity contribution in [2.75, 3.05) is 25.9 Å². The molecule has 0 bridgehead atoms. The summed E-state index contributed by atoms with van der Waals surface area (Å²) in [4.78, 5) is 2.39. The van der Waals surface area contributed by atoms with Crippen molar-refractivity contribution in [1.82, 2.24) is 24.4 Å². The summed E-state index contributed by atoms with van der Waals surface area (Å²) in [6, 6.07) is -0.356. The lowest BCUT2D eigenvalue weighted by Crippen LogP contribution is -2.33. The summed E-state index contributed by atoms with van der Waals surface area (Å²) in [5, 5.41) is 8.62. The Morgan fingerprint density at radius 2 is 1.96 bits per heavy atom. The molecule has 8 heteroatoms. The van der Waals surface area contributed by atoms with Gasteiger partial charge in [0.1, 0.15) is 5.82 Å². The van der Waals surface area contributed by atoms with Crippen LogP contribution in [0.2, 0.25) is 0 Å². The van der Waals surface area contributed by atoms with E-state index in [1.807, 2.05) is 13.8 Å². The van der Waals surface area contributed by atoms with Crippen molar-refractivity contribution in [2.24, 2.45) is 5.92 Å². The maximum atomic E-state index is 11.7. The van der Waals surface area contributed by atoms with Crippen LogP contribution in [0.15, 0.2) is 11.6 Å². The third kappa shape index (κ3) is 5.12. The largest absolute Gasteiger partial charge is 0.312 e. The van der Waals surface area contributed by atoms with Gasteiger partial charge < -0.3 is 4.57 Å². The fourth-order valence-corrected chi connectivity index (χ4v) is 3.67. The molecular formula is C16H29N5O2S. The van der Waals surface area contributed by atoms with Crippen molar-refractivity contribution in [3.05, 3.63) is 23.3 Å². The standard InChI is InChI=1S/C16H29N5O2S/c1-12(2)6-8-20-9-7-14-17-18-16(21(14)11-10-20)15(13(3)4)19-24(5,22)23/h6,13,15,19H,7-11H2,1-5H3. The highest BCUT2D eigenvalue weighted by Crippen LogP contribution is 2.23. The summed E-state index contributed by atoms with van der Waals surface area (Å²) in [6.45, 7) is 11.8. The van der Waals surface area contributed by atoms with Crippen LogP contribution in [0, 0.1) is 5.92 Å². The average molecular weight is 356 g/mol. The van der Waals surface area contributed by atoms with E-state index in [1.165, 1.54) is 11.8 Å². The third-order valence-corrected chi connectivity index (χ3v) is 4.87. The van der Waals surface area contributed by atoms with Crippen LogP contribution in [-0.2, 0) is 23.0 Å². The molecule has 1 aliphatic rings. The van der Waals surface area contributed by atoms with E-state index in [0.29, 0.717) is 0 Å². The van der Waals surface area contributed by atoms with Gasteiger partial charge in [-0.2, -0.15) is 0 Å². The molecule has 0 radical (unpaired) electrons. The number of hydrogen-bond donors (Lipinski definition) is 1. The number of sulfonamides is 1. The van der Waals surface area contributed by atoms with Crippen LogP contribution in [0.3, 0.4) is 0 Å². The van der Waals surface area contributed by atoms with Gasteiger partial charge in [0.15, 0.2) is 5.82 Å². The predicted octanol–water partition coefficient (Wildman–Crippen LogP) is 1.35. The SMILES string of the molecule is CC(C)=CCN1CCc2nnc(C(NS(C)(=O)=O)C(C)C)n2CC1. The second-order valence-corrected chi connectivity index (χ2v) is 8.85. The molecule has 1 N–H and O–H groups in total. The van der Waals surface area contributed by atoms with Gasteiger partial charge in [-0.15, -0.1) is 10.2 Å². The van der Waals surface area contributed by atoms with Crippen molar-refractivity contribution >= 4 is 10.0 Å². The van der Waals surface area contributed by atoms with E-state index >= 15 is 0 Å². The van der Waals surface area contributed by atoms with Crippen molar-refractivity contribution in [3.8, 4) is 0 Å². The summed E-state index contributed by atoms with van der Waals surface area (Å²) < 4.78 is 28.2. The smallest absolute Gasteiger partial charge is 0.209 e. The molecule has 1 unspecified atom stereocenters. The average Bonchev–Trinajstić information content (AvgIpc) is 2.74. The summed E-state index contributed by atoms with van der Waals surface area (Å²) >= 11 is 0. The second kappa shape index (κ2) is 7.76. The van der Waals surface area contributed by atoms with Gasteiger partial charge >= 0.3 is 0 Å².